The van der Waals surface area contributed by atoms with Gasteiger partial charge in [0.2, 0.25) is 0 Å². The Morgan fingerprint density at radius 1 is 0.279 bits per heavy atom. The first-order chi connectivity index (χ1) is 30.8. The molecule has 0 aliphatic heterocycles. The van der Waals surface area contributed by atoms with Crippen molar-refractivity contribution in [3.63, 3.8) is 0 Å². The summed E-state index contributed by atoms with van der Waals surface area (Å²) < 4.78 is 10.1. The maximum absolute atomic E-state index is 2.53. The predicted molar refractivity (Wildman–Crippen MR) is 293 cm³/mol. The second-order valence-corrected chi connectivity index (χ2v) is 28.5. The van der Waals surface area contributed by atoms with E-state index in [1.54, 1.807) is 0 Å². The number of hydrogen-bond donors (Lipinski definition) is 0. The van der Waals surface area contributed by atoms with Gasteiger partial charge in [-0.1, -0.05) is 215 Å². The fourth-order valence-corrected chi connectivity index (χ4v) is 9.90. The third-order valence-electron chi connectivity index (χ3n) is 14.3. The average molecular weight is 913 g/mol. The van der Waals surface area contributed by atoms with Gasteiger partial charge in [-0.15, -0.1) is 0 Å². The highest BCUT2D eigenvalue weighted by atomic mass is 15.2. The summed E-state index contributed by atoms with van der Waals surface area (Å²) in [6.45, 7) is 56.2. The Morgan fingerprint density at radius 2 is 0.544 bits per heavy atom. The van der Waals surface area contributed by atoms with Gasteiger partial charge in [0.1, 0.15) is 22.7 Å². The van der Waals surface area contributed by atoms with Crippen LogP contribution in [-0.4, -0.2) is 9.13 Å². The van der Waals surface area contributed by atoms with Gasteiger partial charge in [0.25, 0.3) is 12.7 Å². The summed E-state index contributed by atoms with van der Waals surface area (Å²) in [5.41, 5.74) is 19.6. The average Bonchev–Trinajstić information content (AvgIpc) is 3.74. The van der Waals surface area contributed by atoms with Crippen molar-refractivity contribution in [2.75, 3.05) is 0 Å². The van der Waals surface area contributed by atoms with E-state index in [1.807, 2.05) is 0 Å². The molecule has 4 nitrogen and oxygen atoms in total. The van der Waals surface area contributed by atoms with Crippen molar-refractivity contribution in [3.05, 3.63) is 142 Å². The minimum absolute atomic E-state index is 0.0359. The first-order valence-electron chi connectivity index (χ1n) is 25.4. The summed E-state index contributed by atoms with van der Waals surface area (Å²) in [7, 11) is 0. The third-order valence-corrected chi connectivity index (χ3v) is 14.3. The maximum Gasteiger partial charge on any atom is 0.255 e. The molecule has 4 heteroatoms. The Bertz CT molecular complexity index is 2640. The van der Waals surface area contributed by atoms with Crippen LogP contribution in [0.15, 0.2) is 97.6 Å². The fourth-order valence-electron chi connectivity index (χ4n) is 9.90. The Labute approximate surface area is 412 Å². The van der Waals surface area contributed by atoms with Crippen LogP contribution in [0.25, 0.3) is 44.8 Å². The number of hydrogen-bond acceptors (Lipinski definition) is 0. The van der Waals surface area contributed by atoms with E-state index in [0.29, 0.717) is 0 Å². The number of rotatable bonds is 4. The molecular weight excluding hydrogens is 825 g/mol. The van der Waals surface area contributed by atoms with Crippen LogP contribution in [0.1, 0.15) is 211 Å². The minimum atomic E-state index is -0.111. The van der Waals surface area contributed by atoms with Gasteiger partial charge in [0.15, 0.2) is 22.1 Å². The van der Waals surface area contributed by atoms with E-state index in [-0.39, 0.29) is 43.3 Å². The number of fused-ring (bicyclic) bond motifs is 2. The molecule has 5 aromatic carbocycles. The normalized spacial score (nSPS) is 13.9. The van der Waals surface area contributed by atoms with E-state index in [2.05, 4.69) is 282 Å². The monoisotopic (exact) mass is 913 g/mol. The van der Waals surface area contributed by atoms with Crippen molar-refractivity contribution in [1.82, 2.24) is 9.13 Å². The smallest absolute Gasteiger partial charge is 0.194 e. The summed E-state index contributed by atoms with van der Waals surface area (Å²) in [6, 6.07) is 33.9. The molecule has 0 aliphatic rings. The second kappa shape index (κ2) is 16.3. The molecule has 0 unspecified atom stereocenters. The van der Waals surface area contributed by atoms with E-state index in [4.69, 9.17) is 0 Å². The molecule has 7 rings (SSSR count). The third kappa shape index (κ3) is 9.65. The van der Waals surface area contributed by atoms with Crippen LogP contribution in [-0.2, 0) is 43.3 Å². The van der Waals surface area contributed by atoms with Crippen molar-refractivity contribution >= 4 is 22.1 Å². The zero-order chi connectivity index (χ0) is 50.9. The standard InChI is InChI=1S/C64H88N4/c1-57(2,3)41-25-29-45(61(13,14)15)49(33-41)65-39-66(50-34-42(58(4,5)6)26-30-46(50)62(16,17)18)54-38-56-55(37-53(54)65)67(51-35-43(59(7,8)9)27-31-47(51)63(19,20)21)40-68(56)52-36-44(60(10,11)12)28-32-48(52)64(22,23)24/h25-40H,1-24H3/q+2. The summed E-state index contributed by atoms with van der Waals surface area (Å²) in [5, 5.41) is 0. The first-order valence-corrected chi connectivity index (χ1v) is 25.4. The van der Waals surface area contributed by atoms with Crippen LogP contribution in [0, 0.1) is 0 Å². The number of nitrogens with zero attached hydrogens (tertiary/aromatic N) is 4. The molecule has 0 saturated heterocycles. The van der Waals surface area contributed by atoms with Gasteiger partial charge >= 0.3 is 0 Å². The summed E-state index contributed by atoms with van der Waals surface area (Å²) >= 11 is 0. The van der Waals surface area contributed by atoms with E-state index < -0.39 is 0 Å². The van der Waals surface area contributed by atoms with Gasteiger partial charge in [-0.25, -0.2) is 0 Å². The predicted octanol–water partition coefficient (Wildman–Crippen LogP) is 16.5. The molecule has 7 aromatic rings. The fraction of sp³-hybridized carbons (Fsp3) is 0.500. The van der Waals surface area contributed by atoms with E-state index >= 15 is 0 Å². The highest BCUT2D eigenvalue weighted by Crippen LogP contribution is 2.40. The lowest BCUT2D eigenvalue weighted by atomic mass is 9.81. The lowest BCUT2D eigenvalue weighted by molar-refractivity contribution is -0.572. The van der Waals surface area contributed by atoms with Crippen molar-refractivity contribution in [3.8, 4) is 22.7 Å². The zero-order valence-electron chi connectivity index (χ0n) is 47.0. The zero-order valence-corrected chi connectivity index (χ0v) is 47.0. The Hall–Kier alpha value is -4.96. The minimum Gasteiger partial charge on any atom is -0.194 e. The highest BCUT2D eigenvalue weighted by molar-refractivity contribution is 5.91. The van der Waals surface area contributed by atoms with Crippen LogP contribution < -0.4 is 9.13 Å². The van der Waals surface area contributed by atoms with Crippen LogP contribution in [0.5, 0.6) is 0 Å². The van der Waals surface area contributed by atoms with E-state index in [1.165, 1.54) is 89.3 Å². The highest BCUT2D eigenvalue weighted by Gasteiger charge is 2.36. The van der Waals surface area contributed by atoms with Crippen LogP contribution in [0.2, 0.25) is 0 Å². The summed E-state index contributed by atoms with van der Waals surface area (Å²) in [4.78, 5) is 0. The molecule has 0 spiro atoms. The van der Waals surface area contributed by atoms with Crippen LogP contribution in [0.3, 0.4) is 0 Å². The maximum atomic E-state index is 2.53. The molecule has 0 bridgehead atoms. The van der Waals surface area contributed by atoms with Crippen LogP contribution in [0.4, 0.5) is 0 Å². The Kier molecular flexibility index (Phi) is 12.2. The van der Waals surface area contributed by atoms with Gasteiger partial charge in [-0.2, -0.15) is 18.3 Å². The van der Waals surface area contributed by atoms with Crippen LogP contribution >= 0.6 is 0 Å². The molecule has 0 fully saturated rings. The van der Waals surface area contributed by atoms with Gasteiger partial charge in [0, 0.05) is 34.4 Å². The topological polar surface area (TPSA) is 17.6 Å². The van der Waals surface area contributed by atoms with Gasteiger partial charge in [0.05, 0.1) is 0 Å². The molecule has 68 heavy (non-hydrogen) atoms. The van der Waals surface area contributed by atoms with Crippen molar-refractivity contribution in [2.24, 2.45) is 0 Å². The van der Waals surface area contributed by atoms with E-state index in [9.17, 15) is 0 Å². The molecule has 0 saturated carbocycles. The van der Waals surface area contributed by atoms with Gasteiger partial charge < -0.3 is 0 Å². The molecule has 362 valence electrons. The molecule has 0 amide bonds. The Balaban J connectivity index is 1.80. The largest absolute Gasteiger partial charge is 0.255 e. The lowest BCUT2D eigenvalue weighted by Crippen LogP contribution is -2.35. The van der Waals surface area contributed by atoms with Crippen molar-refractivity contribution in [2.45, 2.75) is 209 Å². The SMILES string of the molecule is CC(C)(C)c1ccc(C(C)(C)C)c(-n2c[n+](-c3cc(C(C)(C)C)ccc3C(C)(C)C)c3cc4c(cc32)n(-c2cc(C(C)(C)C)ccc2C(C)(C)C)c[n+]4-c2cc(C(C)(C)C)ccc2C(C)(C)C)c1. The molecular formula is C64H88N4+2. The summed E-state index contributed by atoms with van der Waals surface area (Å²) in [5.74, 6) is 0. The quantitative estimate of drug-likeness (QED) is 0.157. The first kappa shape index (κ1) is 50.9. The molecule has 2 aromatic heterocycles. The number of imidazole rings is 2. The number of benzene rings is 5. The van der Waals surface area contributed by atoms with Crippen molar-refractivity contribution in [1.29, 1.82) is 0 Å². The lowest BCUT2D eigenvalue weighted by Gasteiger charge is -2.25. The second-order valence-electron chi connectivity index (χ2n) is 28.5. The van der Waals surface area contributed by atoms with E-state index in [0.717, 1.165) is 0 Å². The van der Waals surface area contributed by atoms with Gasteiger partial charge in [-0.3, -0.25) is 0 Å². The molecule has 2 heterocycles. The Morgan fingerprint density at radius 3 is 0.809 bits per heavy atom. The van der Waals surface area contributed by atoms with Crippen molar-refractivity contribution < 1.29 is 9.13 Å². The number of aromatic nitrogens is 4. The molecule has 0 radical (unpaired) electrons. The molecule has 0 N–H and O–H groups in total. The molecule has 0 aliphatic carbocycles. The van der Waals surface area contributed by atoms with Gasteiger partial charge in [-0.05, 0) is 89.8 Å². The molecule has 0 atom stereocenters. The summed E-state index contributed by atoms with van der Waals surface area (Å²) in [6.07, 6.45) is 4.82.